The van der Waals surface area contributed by atoms with Crippen LogP contribution in [0.5, 0.6) is 17.2 Å². The quantitative estimate of drug-likeness (QED) is 0.468. The van der Waals surface area contributed by atoms with E-state index in [4.69, 9.17) is 21.7 Å². The molecule has 0 fully saturated rings. The van der Waals surface area contributed by atoms with Crippen molar-refractivity contribution in [2.24, 2.45) is 0 Å². The van der Waals surface area contributed by atoms with Gasteiger partial charge in [-0.15, -0.1) is 11.3 Å². The van der Waals surface area contributed by atoms with Gasteiger partial charge in [-0.1, -0.05) is 12.1 Å². The number of alkyl halides is 2. The molecule has 0 unspecified atom stereocenters. The van der Waals surface area contributed by atoms with Crippen LogP contribution in [0, 0.1) is 3.95 Å². The normalized spacial score (nSPS) is 12.0. The lowest BCUT2D eigenvalue weighted by atomic mass is 10.2. The van der Waals surface area contributed by atoms with Gasteiger partial charge in [0, 0.05) is 0 Å². The number of ether oxygens (including phenoxy) is 3. The van der Waals surface area contributed by atoms with Crippen molar-refractivity contribution in [3.63, 3.8) is 0 Å². The zero-order chi connectivity index (χ0) is 21.2. The molecule has 29 heavy (non-hydrogen) atoms. The summed E-state index contributed by atoms with van der Waals surface area (Å²) in [5.74, 6) is -0.338. The van der Waals surface area contributed by atoms with Crippen LogP contribution in [0.1, 0.15) is 5.56 Å². The van der Waals surface area contributed by atoms with Crippen LogP contribution in [0.25, 0.3) is 16.3 Å². The van der Waals surface area contributed by atoms with Crippen molar-refractivity contribution in [3.8, 4) is 17.2 Å². The Kier molecular flexibility index (Phi) is 6.20. The van der Waals surface area contributed by atoms with Gasteiger partial charge in [0.15, 0.2) is 15.5 Å². The summed E-state index contributed by atoms with van der Waals surface area (Å²) >= 11 is 6.39. The molecular weight excluding hydrogens is 444 g/mol. The van der Waals surface area contributed by atoms with Gasteiger partial charge in [0.05, 0.1) is 29.8 Å². The van der Waals surface area contributed by atoms with Crippen LogP contribution in [-0.2, 0) is 10.0 Å². The van der Waals surface area contributed by atoms with E-state index >= 15 is 0 Å². The molecule has 0 saturated carbocycles. The topological polar surface area (TPSA) is 66.8 Å². The van der Waals surface area contributed by atoms with Gasteiger partial charge in [0.1, 0.15) is 0 Å². The third-order valence-electron chi connectivity index (χ3n) is 3.82. The van der Waals surface area contributed by atoms with E-state index in [0.717, 1.165) is 14.1 Å². The molecule has 0 aliphatic heterocycles. The average molecular weight is 460 g/mol. The summed E-state index contributed by atoms with van der Waals surface area (Å²) in [7, 11) is -1.39. The molecule has 154 valence electrons. The maximum absolute atomic E-state index is 12.9. The number of halogens is 2. The number of methoxy groups -OCH3 is 2. The molecule has 1 aromatic heterocycles. The Bertz CT molecular complexity index is 1210. The summed E-state index contributed by atoms with van der Waals surface area (Å²) in [6, 6.07) is 9.67. The zero-order valence-electron chi connectivity index (χ0n) is 15.2. The lowest BCUT2D eigenvalue weighted by Crippen LogP contribution is -2.08. The summed E-state index contributed by atoms with van der Waals surface area (Å²) in [6.45, 7) is -3.08. The summed E-state index contributed by atoms with van der Waals surface area (Å²) in [6.07, 6.45) is 1.29. The first-order valence-electron chi connectivity index (χ1n) is 8.02. The third-order valence-corrected chi connectivity index (χ3v) is 6.78. The van der Waals surface area contributed by atoms with Crippen molar-refractivity contribution >= 4 is 49.9 Å². The van der Waals surface area contributed by atoms with Gasteiger partial charge >= 0.3 is 6.61 Å². The van der Waals surface area contributed by atoms with Crippen molar-refractivity contribution in [2.45, 2.75) is 6.61 Å². The minimum atomic E-state index is -3.93. The minimum absolute atomic E-state index is 0.0284. The Balaban J connectivity index is 2.04. The highest BCUT2D eigenvalue weighted by atomic mass is 32.2. The van der Waals surface area contributed by atoms with E-state index < -0.39 is 16.6 Å². The van der Waals surface area contributed by atoms with Crippen molar-refractivity contribution in [1.82, 2.24) is 3.97 Å². The minimum Gasteiger partial charge on any atom is -0.493 e. The second kappa shape index (κ2) is 8.47. The van der Waals surface area contributed by atoms with Crippen molar-refractivity contribution in [3.05, 3.63) is 51.3 Å². The summed E-state index contributed by atoms with van der Waals surface area (Å²) in [5.41, 5.74) is 0.818. The molecule has 0 spiro atoms. The van der Waals surface area contributed by atoms with Gasteiger partial charge in [-0.05, 0) is 48.1 Å². The molecule has 0 radical (unpaired) electrons. The van der Waals surface area contributed by atoms with E-state index in [9.17, 15) is 17.2 Å². The third kappa shape index (κ3) is 4.41. The predicted octanol–water partition coefficient (Wildman–Crippen LogP) is 4.90. The SMILES string of the molecule is COc1cc(/C=C/S(=O)(=O)n2c(=S)sc3ccccc32)cc(OC)c1OC(F)F. The molecule has 0 N–H and O–H groups in total. The predicted molar refractivity (Wildman–Crippen MR) is 110 cm³/mol. The van der Waals surface area contributed by atoms with E-state index in [2.05, 4.69) is 4.74 Å². The fraction of sp³-hybridized carbons (Fsp3) is 0.167. The molecule has 0 aliphatic carbocycles. The molecule has 0 atom stereocenters. The second-order valence-electron chi connectivity index (χ2n) is 5.58. The van der Waals surface area contributed by atoms with E-state index in [-0.39, 0.29) is 21.2 Å². The average Bonchev–Trinajstić information content (AvgIpc) is 3.03. The number of nitrogens with zero attached hydrogens (tertiary/aromatic N) is 1. The van der Waals surface area contributed by atoms with Crippen molar-refractivity contribution in [1.29, 1.82) is 0 Å². The number of aromatic nitrogens is 1. The molecule has 3 rings (SSSR count). The van der Waals surface area contributed by atoms with Gasteiger partial charge in [0.25, 0.3) is 10.0 Å². The molecule has 0 aliphatic rings. The monoisotopic (exact) mass is 459 g/mol. The van der Waals surface area contributed by atoms with E-state index in [1.807, 2.05) is 0 Å². The number of hydrogen-bond acceptors (Lipinski definition) is 7. The van der Waals surface area contributed by atoms with Gasteiger partial charge < -0.3 is 14.2 Å². The second-order valence-corrected chi connectivity index (χ2v) is 8.92. The van der Waals surface area contributed by atoms with E-state index in [1.165, 1.54) is 43.8 Å². The van der Waals surface area contributed by atoms with E-state index in [0.29, 0.717) is 11.1 Å². The number of rotatable bonds is 7. The molecular formula is C18H15F2NO5S3. The molecule has 0 bridgehead atoms. The maximum Gasteiger partial charge on any atom is 0.387 e. The number of benzene rings is 2. The number of thiazole rings is 1. The van der Waals surface area contributed by atoms with Gasteiger partial charge in [-0.25, -0.2) is 12.4 Å². The highest BCUT2D eigenvalue weighted by molar-refractivity contribution is 7.93. The zero-order valence-corrected chi connectivity index (χ0v) is 17.6. The number of para-hydroxylation sites is 1. The molecule has 6 nitrogen and oxygen atoms in total. The summed E-state index contributed by atoms with van der Waals surface area (Å²) in [4.78, 5) is 0. The molecule has 1 heterocycles. The first-order valence-corrected chi connectivity index (χ1v) is 10.7. The van der Waals surface area contributed by atoms with Crippen molar-refractivity contribution in [2.75, 3.05) is 14.2 Å². The molecule has 11 heteroatoms. The fourth-order valence-corrected chi connectivity index (χ4v) is 5.65. The van der Waals surface area contributed by atoms with Crippen LogP contribution >= 0.6 is 23.6 Å². The van der Waals surface area contributed by atoms with Gasteiger partial charge in [-0.2, -0.15) is 8.78 Å². The molecule has 0 saturated heterocycles. The smallest absolute Gasteiger partial charge is 0.387 e. The van der Waals surface area contributed by atoms with Crippen LogP contribution in [0.15, 0.2) is 41.8 Å². The van der Waals surface area contributed by atoms with Gasteiger partial charge in [-0.3, -0.25) is 0 Å². The highest BCUT2D eigenvalue weighted by Crippen LogP contribution is 2.40. The number of fused-ring (bicyclic) bond motifs is 1. The lowest BCUT2D eigenvalue weighted by Gasteiger charge is -2.14. The fourth-order valence-electron chi connectivity index (χ4n) is 2.61. The van der Waals surface area contributed by atoms with Crippen LogP contribution in [0.3, 0.4) is 0 Å². The standard InChI is InChI=1S/C18H15F2NO5S3/c1-24-13-9-11(10-14(25-2)16(13)26-17(19)20)7-8-29(22,23)21-12-5-3-4-6-15(12)28-18(21)27/h3-10,17H,1-2H3/b8-7+. The molecule has 0 amide bonds. The molecule has 2 aromatic carbocycles. The summed E-state index contributed by atoms with van der Waals surface area (Å²) in [5, 5.41) is 0.976. The highest BCUT2D eigenvalue weighted by Gasteiger charge is 2.19. The Hall–Kier alpha value is -2.50. The summed E-state index contributed by atoms with van der Waals surface area (Å²) < 4.78 is 67.6. The van der Waals surface area contributed by atoms with Crippen LogP contribution in [0.4, 0.5) is 8.78 Å². The lowest BCUT2D eigenvalue weighted by molar-refractivity contribution is -0.0526. The van der Waals surface area contributed by atoms with E-state index in [1.54, 1.807) is 24.3 Å². The molecule has 3 aromatic rings. The Morgan fingerprint density at radius 1 is 1.14 bits per heavy atom. The number of hydrogen-bond donors (Lipinski definition) is 0. The Morgan fingerprint density at radius 3 is 2.34 bits per heavy atom. The first-order chi connectivity index (χ1) is 13.8. The van der Waals surface area contributed by atoms with Crippen LogP contribution in [-0.4, -0.2) is 33.2 Å². The van der Waals surface area contributed by atoms with Gasteiger partial charge in [0.2, 0.25) is 5.75 Å². The van der Waals surface area contributed by atoms with Crippen LogP contribution in [0.2, 0.25) is 0 Å². The van der Waals surface area contributed by atoms with Crippen molar-refractivity contribution < 1.29 is 31.4 Å². The largest absolute Gasteiger partial charge is 0.493 e. The Morgan fingerprint density at radius 2 is 1.76 bits per heavy atom. The maximum atomic E-state index is 12.9. The Labute approximate surface area is 174 Å². The first kappa shape index (κ1) is 21.2. The van der Waals surface area contributed by atoms with Crippen LogP contribution < -0.4 is 14.2 Å².